The van der Waals surface area contributed by atoms with Crippen LogP contribution in [0, 0.1) is 25.2 Å². The number of phenols is 1. The van der Waals surface area contributed by atoms with E-state index in [9.17, 15) is 20.3 Å². The Morgan fingerprint density at radius 2 is 1.91 bits per heavy atom. The third-order valence-electron chi connectivity index (χ3n) is 13.1. The van der Waals surface area contributed by atoms with Crippen molar-refractivity contribution in [1.29, 1.82) is 5.26 Å². The zero-order chi connectivity index (χ0) is 39.7. The molecule has 4 aromatic rings. The Kier molecular flexibility index (Phi) is 8.31. The van der Waals surface area contributed by atoms with Crippen LogP contribution in [0.4, 0.5) is 0 Å². The first kappa shape index (κ1) is 36.4. The van der Waals surface area contributed by atoms with Crippen molar-refractivity contribution in [2.45, 2.75) is 80.7 Å². The molecule has 3 aromatic carbocycles. The molecule has 57 heavy (non-hydrogen) atoms. The monoisotopic (exact) mass is 793 g/mol. The number of aliphatic hydroxyl groups excluding tert-OH is 1. The molecule has 7 aliphatic heterocycles. The van der Waals surface area contributed by atoms with Gasteiger partial charge in [-0.3, -0.25) is 19.9 Å². The fourth-order valence-electron chi connectivity index (χ4n) is 10.9. The number of aliphatic hydroxyl groups is 1. The number of thioether (sulfide) groups is 1. The lowest BCUT2D eigenvalue weighted by Crippen LogP contribution is -2.69. The molecule has 14 nitrogen and oxygen atoms in total. The lowest BCUT2D eigenvalue weighted by Gasteiger charge is -2.62. The topological polar surface area (TPSA) is 179 Å². The Morgan fingerprint density at radius 1 is 1.12 bits per heavy atom. The number of benzene rings is 3. The summed E-state index contributed by atoms with van der Waals surface area (Å²) in [6.45, 7) is 4.65. The van der Waals surface area contributed by atoms with Gasteiger partial charge in [-0.1, -0.05) is 24.3 Å². The second-order valence-corrected chi connectivity index (χ2v) is 17.1. The molecule has 0 amide bonds. The summed E-state index contributed by atoms with van der Waals surface area (Å²) in [5.74, 6) is 0.758. The van der Waals surface area contributed by atoms with Gasteiger partial charge in [0.25, 0.3) is 0 Å². The maximum absolute atomic E-state index is 15.0. The molecule has 0 saturated carbocycles. The number of hydrogen-bond donors (Lipinski definition) is 4. The van der Waals surface area contributed by atoms with Crippen LogP contribution in [0.2, 0.25) is 0 Å². The van der Waals surface area contributed by atoms with Gasteiger partial charge in [-0.15, -0.1) is 11.8 Å². The first-order valence-electron chi connectivity index (χ1n) is 19.2. The van der Waals surface area contributed by atoms with E-state index in [1.807, 2.05) is 51.2 Å². The molecule has 8 heterocycles. The number of nitrogens with one attached hydrogen (secondary N) is 2. The van der Waals surface area contributed by atoms with Gasteiger partial charge in [0.1, 0.15) is 18.4 Å². The van der Waals surface area contributed by atoms with Crippen molar-refractivity contribution in [3.63, 3.8) is 0 Å². The average Bonchev–Trinajstić information content (AvgIpc) is 3.84. The van der Waals surface area contributed by atoms with Crippen LogP contribution in [0.25, 0.3) is 10.9 Å². The number of nitrogens with zero attached hydrogens (tertiary/aromatic N) is 3. The molecule has 0 aliphatic carbocycles. The minimum Gasteiger partial charge on any atom is -0.504 e. The number of aromatic amines is 1. The number of ether oxygens (including phenoxy) is 5. The lowest BCUT2D eigenvalue weighted by atomic mass is 9.71. The highest BCUT2D eigenvalue weighted by atomic mass is 32.2. The van der Waals surface area contributed by atoms with Crippen molar-refractivity contribution in [3.05, 3.63) is 75.0 Å². The molecule has 296 valence electrons. The Labute approximate surface area is 332 Å². The summed E-state index contributed by atoms with van der Waals surface area (Å²) in [7, 11) is 3.54. The summed E-state index contributed by atoms with van der Waals surface area (Å²) >= 11 is 1.49. The molecule has 7 aliphatic rings. The standard InChI is InChI=1S/C42H43N5O9S/c1-18-10-21-11-26-27(13-43)47-28-15-53-41(51)42(40-24(12-22(14-48)45-42)23-8-6-7-9-25(23)44-40)16-57-39(33(47)32(46(26)4)29(21)34(50)35(18)52-5)31-30(28)38-37(54-17-55-38)19(2)36(31)56-20(3)49/h6-10,22,26-28,32-33,39,44-45,48,50H,11-12,14-17H2,1-5H3/t22-,26+,27+,28+,32-,33-,39-,42-/m1/s1. The first-order valence-corrected chi connectivity index (χ1v) is 20.3. The summed E-state index contributed by atoms with van der Waals surface area (Å²) in [5.41, 5.74) is 5.42. The Hall–Kier alpha value is -4.98. The van der Waals surface area contributed by atoms with Crippen LogP contribution in [0.3, 0.4) is 0 Å². The summed E-state index contributed by atoms with van der Waals surface area (Å²) in [6.07, 6.45) is 0.984. The number of phenolic OH excluding ortho intramolecular Hbond substituents is 1. The molecule has 1 spiro atoms. The summed E-state index contributed by atoms with van der Waals surface area (Å²) in [4.78, 5) is 35.9. The highest BCUT2D eigenvalue weighted by molar-refractivity contribution is 7.99. The first-order chi connectivity index (χ1) is 27.5. The molecule has 8 atom stereocenters. The molecule has 2 fully saturated rings. The number of likely N-dealkylation sites (N-methyl/N-ethyl adjacent to an activating group) is 1. The highest BCUT2D eigenvalue weighted by Crippen LogP contribution is 2.64. The average molecular weight is 794 g/mol. The molecule has 2 saturated heterocycles. The van der Waals surface area contributed by atoms with E-state index in [0.717, 1.165) is 27.6 Å². The van der Waals surface area contributed by atoms with E-state index in [0.29, 0.717) is 63.8 Å². The fourth-order valence-corrected chi connectivity index (χ4v) is 12.5. The minimum atomic E-state index is -1.43. The highest BCUT2D eigenvalue weighted by Gasteiger charge is 2.62. The zero-order valence-electron chi connectivity index (χ0n) is 32.2. The normalized spacial score (nSPS) is 29.8. The molecule has 4 bridgehead atoms. The third-order valence-corrected chi connectivity index (χ3v) is 14.6. The molecular weight excluding hydrogens is 751 g/mol. The van der Waals surface area contributed by atoms with Crippen LogP contribution < -0.4 is 24.3 Å². The van der Waals surface area contributed by atoms with Gasteiger partial charge in [-0.25, -0.2) is 4.79 Å². The quantitative estimate of drug-likeness (QED) is 0.172. The summed E-state index contributed by atoms with van der Waals surface area (Å²) in [6, 6.07) is 9.36. The van der Waals surface area contributed by atoms with Crippen LogP contribution in [-0.4, -0.2) is 101 Å². The smallest absolute Gasteiger partial charge is 0.333 e. The van der Waals surface area contributed by atoms with E-state index < -0.39 is 52.9 Å². The molecule has 1 aromatic heterocycles. The number of piperazine rings is 1. The number of aryl methyl sites for hydroxylation is 1. The van der Waals surface area contributed by atoms with Crippen molar-refractivity contribution in [2.24, 2.45) is 0 Å². The van der Waals surface area contributed by atoms with Gasteiger partial charge in [-0.2, -0.15) is 5.26 Å². The number of rotatable bonds is 3. The van der Waals surface area contributed by atoms with Crippen molar-refractivity contribution in [1.82, 2.24) is 20.1 Å². The fraction of sp³-hybridized carbons (Fsp3) is 0.452. The lowest BCUT2D eigenvalue weighted by molar-refractivity contribution is -0.158. The summed E-state index contributed by atoms with van der Waals surface area (Å²) < 4.78 is 30.8. The Morgan fingerprint density at radius 3 is 2.67 bits per heavy atom. The largest absolute Gasteiger partial charge is 0.504 e. The zero-order valence-corrected chi connectivity index (χ0v) is 33.0. The number of carbonyl (C=O) groups excluding carboxylic acids is 2. The van der Waals surface area contributed by atoms with Crippen molar-refractivity contribution < 1.29 is 43.5 Å². The van der Waals surface area contributed by atoms with Gasteiger partial charge < -0.3 is 38.9 Å². The van der Waals surface area contributed by atoms with Crippen LogP contribution in [0.5, 0.6) is 28.7 Å². The van der Waals surface area contributed by atoms with Crippen LogP contribution in [0.15, 0.2) is 30.3 Å². The van der Waals surface area contributed by atoms with E-state index >= 15 is 4.79 Å². The van der Waals surface area contributed by atoms with Gasteiger partial charge in [0.05, 0.1) is 42.8 Å². The number of H-pyrrole nitrogens is 1. The molecule has 0 unspecified atom stereocenters. The van der Waals surface area contributed by atoms with Gasteiger partial charge >= 0.3 is 11.9 Å². The molecule has 4 N–H and O–H groups in total. The van der Waals surface area contributed by atoms with E-state index in [1.54, 1.807) is 7.11 Å². The number of esters is 2. The van der Waals surface area contributed by atoms with E-state index in [4.69, 9.17) is 23.7 Å². The van der Waals surface area contributed by atoms with Crippen molar-refractivity contribution in [2.75, 3.05) is 39.9 Å². The minimum absolute atomic E-state index is 0.0452. The van der Waals surface area contributed by atoms with E-state index in [1.165, 1.54) is 18.7 Å². The predicted octanol–water partition coefficient (Wildman–Crippen LogP) is 4.12. The number of aromatic nitrogens is 1. The third kappa shape index (κ3) is 4.91. The van der Waals surface area contributed by atoms with E-state index in [-0.39, 0.29) is 37.6 Å². The van der Waals surface area contributed by atoms with Gasteiger partial charge in [0, 0.05) is 64.0 Å². The molecule has 15 heteroatoms. The maximum Gasteiger partial charge on any atom is 0.333 e. The van der Waals surface area contributed by atoms with Crippen molar-refractivity contribution in [3.8, 4) is 34.8 Å². The number of aromatic hydroxyl groups is 1. The second kappa shape index (κ2) is 13.0. The molecule has 11 rings (SSSR count). The number of methoxy groups -OCH3 is 1. The molecule has 0 radical (unpaired) electrons. The molecular formula is C42H43N5O9S. The maximum atomic E-state index is 15.0. The Balaban J connectivity index is 1.26. The number of carbonyl (C=O) groups is 2. The number of nitriles is 1. The number of fused-ring (bicyclic) bond motifs is 11. The van der Waals surface area contributed by atoms with Crippen molar-refractivity contribution >= 4 is 34.6 Å². The van der Waals surface area contributed by atoms with Crippen LogP contribution >= 0.6 is 11.8 Å². The predicted molar refractivity (Wildman–Crippen MR) is 208 cm³/mol. The van der Waals surface area contributed by atoms with Crippen LogP contribution in [-0.2, 0) is 32.7 Å². The van der Waals surface area contributed by atoms with Gasteiger partial charge in [0.15, 0.2) is 28.5 Å². The van der Waals surface area contributed by atoms with Gasteiger partial charge in [-0.05, 0) is 56.5 Å². The van der Waals surface area contributed by atoms with Gasteiger partial charge in [0.2, 0.25) is 6.79 Å². The SMILES string of the molecule is COc1c(C)cc2c(c1O)[C@@H]1[C@@H]3[C@@H]4SC[C@]5(N[C@@H](CO)Cc6c5[nH]c5ccccc65)C(=O)OC[C@@H](c5c6c(c(C)c(OC(C)=O)c54)OCO6)N3[C@@H](C#N)[C@H](C2)N1C. The number of para-hydroxylation sites is 1. The number of hydrogen-bond acceptors (Lipinski definition) is 14. The van der Waals surface area contributed by atoms with E-state index in [2.05, 4.69) is 26.2 Å². The Bertz CT molecular complexity index is 2450. The van der Waals surface area contributed by atoms with Crippen LogP contribution in [0.1, 0.15) is 68.9 Å². The summed E-state index contributed by atoms with van der Waals surface area (Å²) in [5, 5.41) is 37.9. The second-order valence-electron chi connectivity index (χ2n) is 16.0.